The van der Waals surface area contributed by atoms with Crippen LogP contribution in [0.15, 0.2) is 65.5 Å². The van der Waals surface area contributed by atoms with Crippen molar-refractivity contribution in [2.24, 2.45) is 0 Å². The summed E-state index contributed by atoms with van der Waals surface area (Å²) in [5.74, 6) is 0.820. The molecule has 0 radical (unpaired) electrons. The summed E-state index contributed by atoms with van der Waals surface area (Å²) in [7, 11) is 0. The van der Waals surface area contributed by atoms with Crippen molar-refractivity contribution in [1.82, 2.24) is 15.3 Å². The minimum atomic E-state index is -0.102. The van der Waals surface area contributed by atoms with Crippen molar-refractivity contribution >= 4 is 17.7 Å². The number of allylic oxidation sites excluding steroid dienone is 3. The first-order valence-corrected chi connectivity index (χ1v) is 10.1. The Kier molecular flexibility index (Phi) is 5.58. The second kappa shape index (κ2) is 8.44. The first-order chi connectivity index (χ1) is 13.7. The number of hydrogen-bond donors (Lipinski definition) is 1. The van der Waals surface area contributed by atoms with Crippen LogP contribution in [0.1, 0.15) is 17.5 Å². The zero-order valence-corrected chi connectivity index (χ0v) is 16.4. The van der Waals surface area contributed by atoms with Crippen LogP contribution in [-0.2, 0) is 11.2 Å². The van der Waals surface area contributed by atoms with E-state index in [2.05, 4.69) is 39.6 Å². The molecule has 0 saturated heterocycles. The highest BCUT2D eigenvalue weighted by atomic mass is 32.2. The van der Waals surface area contributed by atoms with Crippen LogP contribution in [0, 0.1) is 6.92 Å². The van der Waals surface area contributed by atoms with Gasteiger partial charge in [0.1, 0.15) is 18.2 Å². The Labute approximate surface area is 168 Å². The van der Waals surface area contributed by atoms with Crippen LogP contribution in [0.2, 0.25) is 0 Å². The first kappa shape index (κ1) is 18.5. The topological polar surface area (TPSA) is 64.1 Å². The number of ether oxygens (including phenoxy) is 1. The highest BCUT2D eigenvalue weighted by molar-refractivity contribution is 8.06. The van der Waals surface area contributed by atoms with Gasteiger partial charge in [-0.2, -0.15) is 0 Å². The number of hydrogen-bond acceptors (Lipinski definition) is 5. The Balaban J connectivity index is 1.36. The number of aryl methyl sites for hydroxylation is 1. The number of nitrogens with one attached hydrogen (secondary N) is 1. The number of rotatable bonds is 5. The van der Waals surface area contributed by atoms with Gasteiger partial charge in [0.25, 0.3) is 0 Å². The highest BCUT2D eigenvalue weighted by Crippen LogP contribution is 2.36. The standard InChI is InChI=1S/C22H21N3O2S/c1-15-8-16(18-11-23-14-24-12-18)9-17-10-19(27-22(15)17)13-25-21(26)6-5-20-4-2-3-7-28-20/h3-9,11-12,14,19H,2,10,13H2,1H3,(H,25,26)/b6-5+. The summed E-state index contributed by atoms with van der Waals surface area (Å²) in [6.07, 6.45) is 14.4. The molecule has 0 spiro atoms. The van der Waals surface area contributed by atoms with E-state index in [1.807, 2.05) is 30.8 Å². The molecule has 0 fully saturated rings. The summed E-state index contributed by atoms with van der Waals surface area (Å²) in [6.45, 7) is 2.52. The minimum absolute atomic E-state index is 0.0560. The maximum absolute atomic E-state index is 12.1. The quantitative estimate of drug-likeness (QED) is 0.782. The lowest BCUT2D eigenvalue weighted by Crippen LogP contribution is -2.33. The van der Waals surface area contributed by atoms with Gasteiger partial charge in [0.2, 0.25) is 5.91 Å². The van der Waals surface area contributed by atoms with Gasteiger partial charge < -0.3 is 10.1 Å². The molecule has 3 heterocycles. The Bertz CT molecular complexity index is 967. The fourth-order valence-electron chi connectivity index (χ4n) is 3.30. The SMILES string of the molecule is Cc1cc(-c2cncnc2)cc2c1OC(CNC(=O)/C=C/C1=CCC=CS1)C2. The number of thioether (sulfide) groups is 1. The maximum atomic E-state index is 12.1. The van der Waals surface area contributed by atoms with E-state index in [0.29, 0.717) is 6.54 Å². The second-order valence-corrected chi connectivity index (χ2v) is 7.74. The van der Waals surface area contributed by atoms with Gasteiger partial charge in [0.05, 0.1) is 6.54 Å². The molecule has 28 heavy (non-hydrogen) atoms. The summed E-state index contributed by atoms with van der Waals surface area (Å²) in [4.78, 5) is 21.4. The maximum Gasteiger partial charge on any atom is 0.244 e. The Morgan fingerprint density at radius 1 is 1.32 bits per heavy atom. The summed E-state index contributed by atoms with van der Waals surface area (Å²) in [5.41, 5.74) is 4.31. The Morgan fingerprint density at radius 2 is 2.18 bits per heavy atom. The summed E-state index contributed by atoms with van der Waals surface area (Å²) >= 11 is 1.62. The Morgan fingerprint density at radius 3 is 2.96 bits per heavy atom. The number of benzene rings is 1. The van der Waals surface area contributed by atoms with Crippen molar-refractivity contribution in [3.63, 3.8) is 0 Å². The predicted octanol–water partition coefficient (Wildman–Crippen LogP) is 3.96. The Hall–Kier alpha value is -2.86. The van der Waals surface area contributed by atoms with Crippen LogP contribution in [0.25, 0.3) is 11.1 Å². The molecule has 2 aromatic rings. The van der Waals surface area contributed by atoms with Gasteiger partial charge in [0.15, 0.2) is 0 Å². The molecule has 1 aromatic heterocycles. The largest absolute Gasteiger partial charge is 0.488 e. The first-order valence-electron chi connectivity index (χ1n) is 9.22. The molecule has 1 unspecified atom stereocenters. The average Bonchev–Trinajstić information content (AvgIpc) is 3.16. The van der Waals surface area contributed by atoms with Crippen LogP contribution < -0.4 is 10.1 Å². The number of amides is 1. The van der Waals surface area contributed by atoms with Crippen LogP contribution in [-0.4, -0.2) is 28.5 Å². The van der Waals surface area contributed by atoms with Crippen LogP contribution >= 0.6 is 11.8 Å². The summed E-state index contributed by atoms with van der Waals surface area (Å²) in [5, 5.41) is 4.98. The second-order valence-electron chi connectivity index (χ2n) is 6.76. The predicted molar refractivity (Wildman–Crippen MR) is 112 cm³/mol. The molecule has 142 valence electrons. The van der Waals surface area contributed by atoms with Crippen molar-refractivity contribution in [3.05, 3.63) is 76.6 Å². The van der Waals surface area contributed by atoms with Crippen molar-refractivity contribution in [1.29, 1.82) is 0 Å². The van der Waals surface area contributed by atoms with E-state index < -0.39 is 0 Å². The van der Waals surface area contributed by atoms with Crippen molar-refractivity contribution in [2.75, 3.05) is 6.54 Å². The van der Waals surface area contributed by atoms with E-state index in [1.54, 1.807) is 17.8 Å². The lowest BCUT2D eigenvalue weighted by molar-refractivity contribution is -0.116. The van der Waals surface area contributed by atoms with Crippen molar-refractivity contribution in [2.45, 2.75) is 25.9 Å². The fourth-order valence-corrected chi connectivity index (χ4v) is 4.01. The number of carbonyl (C=O) groups is 1. The minimum Gasteiger partial charge on any atom is -0.488 e. The molecule has 6 heteroatoms. The molecule has 0 aliphatic carbocycles. The molecule has 2 aliphatic heterocycles. The smallest absolute Gasteiger partial charge is 0.244 e. The van der Waals surface area contributed by atoms with Gasteiger partial charge in [-0.1, -0.05) is 23.9 Å². The fraction of sp³-hybridized carbons (Fsp3) is 0.227. The molecule has 4 rings (SSSR count). The zero-order chi connectivity index (χ0) is 19.3. The van der Waals surface area contributed by atoms with Crippen molar-refractivity contribution in [3.8, 4) is 16.9 Å². The number of nitrogens with zero attached hydrogens (tertiary/aromatic N) is 2. The van der Waals surface area contributed by atoms with Gasteiger partial charge in [-0.15, -0.1) is 0 Å². The third-order valence-corrected chi connectivity index (χ3v) is 5.54. The number of fused-ring (bicyclic) bond motifs is 1. The lowest BCUT2D eigenvalue weighted by atomic mass is 9.99. The highest BCUT2D eigenvalue weighted by Gasteiger charge is 2.25. The van der Waals surface area contributed by atoms with Gasteiger partial charge in [-0.05, 0) is 53.7 Å². The molecular formula is C22H21N3O2S. The summed E-state index contributed by atoms with van der Waals surface area (Å²) < 4.78 is 6.08. The van der Waals surface area contributed by atoms with Crippen LogP contribution in [0.4, 0.5) is 0 Å². The monoisotopic (exact) mass is 391 g/mol. The van der Waals surface area contributed by atoms with E-state index in [1.165, 1.54) is 6.33 Å². The third kappa shape index (κ3) is 4.34. The van der Waals surface area contributed by atoms with Crippen LogP contribution in [0.5, 0.6) is 5.75 Å². The van der Waals surface area contributed by atoms with E-state index >= 15 is 0 Å². The molecule has 1 atom stereocenters. The van der Waals surface area contributed by atoms with E-state index in [4.69, 9.17) is 4.74 Å². The molecule has 0 bridgehead atoms. The van der Waals surface area contributed by atoms with E-state index in [0.717, 1.165) is 45.8 Å². The average molecular weight is 391 g/mol. The molecule has 1 amide bonds. The third-order valence-electron chi connectivity index (χ3n) is 4.64. The number of aromatic nitrogens is 2. The zero-order valence-electron chi connectivity index (χ0n) is 15.6. The van der Waals surface area contributed by atoms with Gasteiger partial charge >= 0.3 is 0 Å². The van der Waals surface area contributed by atoms with E-state index in [9.17, 15) is 4.79 Å². The van der Waals surface area contributed by atoms with Gasteiger partial charge in [0, 0.05) is 35.4 Å². The molecule has 1 aromatic carbocycles. The normalized spacial score (nSPS) is 17.9. The summed E-state index contributed by atoms with van der Waals surface area (Å²) in [6, 6.07) is 4.22. The molecule has 2 aliphatic rings. The lowest BCUT2D eigenvalue weighted by Gasteiger charge is -2.12. The molecular weight excluding hydrogens is 370 g/mol. The molecule has 0 saturated carbocycles. The molecule has 1 N–H and O–H groups in total. The van der Waals surface area contributed by atoms with Crippen molar-refractivity contribution < 1.29 is 9.53 Å². The molecule has 5 nitrogen and oxygen atoms in total. The van der Waals surface area contributed by atoms with Crippen LogP contribution in [0.3, 0.4) is 0 Å². The number of carbonyl (C=O) groups excluding carboxylic acids is 1. The van der Waals surface area contributed by atoms with Gasteiger partial charge in [-0.25, -0.2) is 9.97 Å². The van der Waals surface area contributed by atoms with Gasteiger partial charge in [-0.3, -0.25) is 4.79 Å². The van der Waals surface area contributed by atoms with E-state index in [-0.39, 0.29) is 12.0 Å².